The van der Waals surface area contributed by atoms with Crippen LogP contribution in [0.1, 0.15) is 11.7 Å². The van der Waals surface area contributed by atoms with Gasteiger partial charge in [0.05, 0.1) is 12.0 Å². The Morgan fingerprint density at radius 2 is 2.19 bits per heavy atom. The van der Waals surface area contributed by atoms with E-state index in [0.29, 0.717) is 0 Å². The number of rotatable bonds is 4. The first kappa shape index (κ1) is 10.8. The molecule has 0 N–H and O–H groups in total. The Morgan fingerprint density at radius 1 is 1.44 bits per heavy atom. The summed E-state index contributed by atoms with van der Waals surface area (Å²) in [5.74, 6) is 0.229. The highest BCUT2D eigenvalue weighted by Crippen LogP contribution is 2.41. The van der Waals surface area contributed by atoms with Crippen molar-refractivity contribution in [3.63, 3.8) is 0 Å². The molecule has 0 spiro atoms. The largest absolute Gasteiger partial charge is 0.490 e. The number of hydrogen-bond acceptors (Lipinski definition) is 5. The van der Waals surface area contributed by atoms with E-state index in [9.17, 15) is 10.1 Å². The third-order valence-electron chi connectivity index (χ3n) is 2.41. The molecule has 2 rings (SSSR count). The number of nitro groups is 1. The molecule has 1 aromatic carbocycles. The molecule has 0 amide bonds. The molecule has 1 saturated heterocycles. The standard InChI is InChI=1S/C10H11NO5/c1-14-8-5-6(9-10(15-2)16-9)3-4-7(8)11(12)13/h3-5,9-10H,1-2H3. The number of epoxide rings is 1. The van der Waals surface area contributed by atoms with Crippen molar-refractivity contribution in [3.05, 3.63) is 33.9 Å². The van der Waals surface area contributed by atoms with E-state index >= 15 is 0 Å². The van der Waals surface area contributed by atoms with Crippen LogP contribution < -0.4 is 4.74 Å². The van der Waals surface area contributed by atoms with E-state index in [-0.39, 0.29) is 23.8 Å². The normalized spacial score (nSPS) is 22.9. The molecular weight excluding hydrogens is 214 g/mol. The van der Waals surface area contributed by atoms with Gasteiger partial charge in [-0.05, 0) is 17.7 Å². The SMILES string of the molecule is COc1cc(C2OC2OC)ccc1[N+](=O)[O-]. The lowest BCUT2D eigenvalue weighted by atomic mass is 10.1. The molecule has 0 aromatic heterocycles. The molecule has 1 aromatic rings. The summed E-state index contributed by atoms with van der Waals surface area (Å²) in [6, 6.07) is 4.65. The van der Waals surface area contributed by atoms with Gasteiger partial charge in [-0.2, -0.15) is 0 Å². The van der Waals surface area contributed by atoms with Crippen molar-refractivity contribution in [2.45, 2.75) is 12.4 Å². The van der Waals surface area contributed by atoms with Crippen LogP contribution in [0.3, 0.4) is 0 Å². The summed E-state index contributed by atoms with van der Waals surface area (Å²) < 4.78 is 15.1. The molecule has 86 valence electrons. The van der Waals surface area contributed by atoms with Crippen LogP contribution in [-0.4, -0.2) is 25.4 Å². The minimum Gasteiger partial charge on any atom is -0.490 e. The number of hydrogen-bond donors (Lipinski definition) is 0. The fourth-order valence-corrected chi connectivity index (χ4v) is 1.54. The maximum absolute atomic E-state index is 10.7. The maximum atomic E-state index is 10.7. The maximum Gasteiger partial charge on any atom is 0.310 e. The predicted octanol–water partition coefficient (Wildman–Crippen LogP) is 1.65. The molecule has 0 bridgehead atoms. The van der Waals surface area contributed by atoms with Gasteiger partial charge in [-0.3, -0.25) is 10.1 Å². The van der Waals surface area contributed by atoms with Gasteiger partial charge in [0.15, 0.2) is 12.0 Å². The topological polar surface area (TPSA) is 74.1 Å². The Labute approximate surface area is 91.9 Å². The van der Waals surface area contributed by atoms with E-state index in [4.69, 9.17) is 14.2 Å². The zero-order valence-electron chi connectivity index (χ0n) is 8.88. The van der Waals surface area contributed by atoms with Gasteiger partial charge in [0, 0.05) is 13.2 Å². The molecule has 0 aliphatic carbocycles. The lowest BCUT2D eigenvalue weighted by Crippen LogP contribution is -1.96. The van der Waals surface area contributed by atoms with Crippen molar-refractivity contribution >= 4 is 5.69 Å². The van der Waals surface area contributed by atoms with Gasteiger partial charge in [0.25, 0.3) is 0 Å². The van der Waals surface area contributed by atoms with Crippen molar-refractivity contribution in [2.75, 3.05) is 14.2 Å². The zero-order valence-corrected chi connectivity index (χ0v) is 8.88. The number of ether oxygens (including phenoxy) is 3. The number of methoxy groups -OCH3 is 2. The van der Waals surface area contributed by atoms with Crippen LogP contribution in [0.25, 0.3) is 0 Å². The summed E-state index contributed by atoms with van der Waals surface area (Å²) in [4.78, 5) is 10.2. The molecule has 6 nitrogen and oxygen atoms in total. The summed E-state index contributed by atoms with van der Waals surface area (Å²) in [6.45, 7) is 0. The smallest absolute Gasteiger partial charge is 0.310 e. The average molecular weight is 225 g/mol. The Bertz CT molecular complexity index is 420. The quantitative estimate of drug-likeness (QED) is 0.442. The second-order valence-corrected chi connectivity index (χ2v) is 3.35. The lowest BCUT2D eigenvalue weighted by Gasteiger charge is -2.03. The van der Waals surface area contributed by atoms with Gasteiger partial charge in [0.2, 0.25) is 0 Å². The van der Waals surface area contributed by atoms with Crippen LogP contribution in [0.2, 0.25) is 0 Å². The predicted molar refractivity (Wildman–Crippen MR) is 54.3 cm³/mol. The number of nitro benzene ring substituents is 1. The average Bonchev–Trinajstić information content (AvgIpc) is 3.07. The first-order valence-corrected chi connectivity index (χ1v) is 4.68. The van der Waals surface area contributed by atoms with Gasteiger partial charge >= 0.3 is 5.69 Å². The van der Waals surface area contributed by atoms with Crippen molar-refractivity contribution in [3.8, 4) is 5.75 Å². The summed E-state index contributed by atoms with van der Waals surface area (Å²) in [6.07, 6.45) is -0.411. The Hall–Kier alpha value is -1.66. The van der Waals surface area contributed by atoms with E-state index in [2.05, 4.69) is 0 Å². The van der Waals surface area contributed by atoms with E-state index in [1.54, 1.807) is 19.2 Å². The molecule has 1 aliphatic heterocycles. The van der Waals surface area contributed by atoms with Gasteiger partial charge in [-0.1, -0.05) is 0 Å². The molecule has 2 atom stereocenters. The van der Waals surface area contributed by atoms with Crippen LogP contribution in [-0.2, 0) is 9.47 Å². The van der Waals surface area contributed by atoms with Crippen LogP contribution >= 0.6 is 0 Å². The van der Waals surface area contributed by atoms with Crippen molar-refractivity contribution < 1.29 is 19.1 Å². The van der Waals surface area contributed by atoms with Crippen LogP contribution in [0.5, 0.6) is 5.75 Å². The summed E-state index contributed by atoms with van der Waals surface area (Å²) in [5, 5.41) is 10.7. The molecule has 1 fully saturated rings. The summed E-state index contributed by atoms with van der Waals surface area (Å²) >= 11 is 0. The molecule has 2 unspecified atom stereocenters. The van der Waals surface area contributed by atoms with Crippen LogP contribution in [0, 0.1) is 10.1 Å². The lowest BCUT2D eigenvalue weighted by molar-refractivity contribution is -0.385. The second-order valence-electron chi connectivity index (χ2n) is 3.35. The van der Waals surface area contributed by atoms with Gasteiger partial charge in [0.1, 0.15) is 6.10 Å². The Morgan fingerprint density at radius 3 is 2.69 bits per heavy atom. The van der Waals surface area contributed by atoms with E-state index in [1.165, 1.54) is 13.2 Å². The van der Waals surface area contributed by atoms with Crippen molar-refractivity contribution in [2.24, 2.45) is 0 Å². The number of nitrogens with zero attached hydrogens (tertiary/aromatic N) is 1. The minimum atomic E-state index is -0.482. The summed E-state index contributed by atoms with van der Waals surface area (Å²) in [7, 11) is 2.95. The first-order chi connectivity index (χ1) is 7.67. The van der Waals surface area contributed by atoms with E-state index in [0.717, 1.165) is 5.56 Å². The second kappa shape index (κ2) is 4.07. The molecule has 1 heterocycles. The molecule has 16 heavy (non-hydrogen) atoms. The fourth-order valence-electron chi connectivity index (χ4n) is 1.54. The molecule has 1 aliphatic rings. The van der Waals surface area contributed by atoms with E-state index in [1.807, 2.05) is 0 Å². The molecule has 0 saturated carbocycles. The number of benzene rings is 1. The summed E-state index contributed by atoms with van der Waals surface area (Å²) in [5.41, 5.74) is 0.759. The van der Waals surface area contributed by atoms with Crippen LogP contribution in [0.15, 0.2) is 18.2 Å². The van der Waals surface area contributed by atoms with Crippen LogP contribution in [0.4, 0.5) is 5.69 Å². The first-order valence-electron chi connectivity index (χ1n) is 4.68. The fraction of sp³-hybridized carbons (Fsp3) is 0.400. The minimum absolute atomic E-state index is 0.0548. The zero-order chi connectivity index (χ0) is 11.7. The highest BCUT2D eigenvalue weighted by molar-refractivity contribution is 5.49. The van der Waals surface area contributed by atoms with Gasteiger partial charge < -0.3 is 14.2 Å². The Balaban J connectivity index is 2.27. The Kier molecular flexibility index (Phi) is 2.76. The van der Waals surface area contributed by atoms with Crippen molar-refractivity contribution in [1.29, 1.82) is 0 Å². The highest BCUT2D eigenvalue weighted by atomic mass is 16.8. The molecular formula is C10H11NO5. The highest BCUT2D eigenvalue weighted by Gasteiger charge is 2.41. The van der Waals surface area contributed by atoms with E-state index < -0.39 is 4.92 Å². The van der Waals surface area contributed by atoms with Gasteiger partial charge in [-0.25, -0.2) is 0 Å². The van der Waals surface area contributed by atoms with Crippen molar-refractivity contribution in [1.82, 2.24) is 0 Å². The monoisotopic (exact) mass is 225 g/mol. The molecule has 6 heteroatoms. The third-order valence-corrected chi connectivity index (χ3v) is 2.41. The molecule has 0 radical (unpaired) electrons. The third kappa shape index (κ3) is 1.84. The van der Waals surface area contributed by atoms with Gasteiger partial charge in [-0.15, -0.1) is 0 Å².